The second-order valence-electron chi connectivity index (χ2n) is 8.52. The highest BCUT2D eigenvalue weighted by molar-refractivity contribution is 6.33. The lowest BCUT2D eigenvalue weighted by atomic mass is 10.2. The Hall–Kier alpha value is -2.78. The molecule has 0 N–H and O–H groups in total. The van der Waals surface area contributed by atoms with Gasteiger partial charge in [0.15, 0.2) is 0 Å². The molecule has 2 aromatic rings. The van der Waals surface area contributed by atoms with Crippen LogP contribution < -0.4 is 15.2 Å². The van der Waals surface area contributed by atoms with Crippen molar-refractivity contribution in [2.75, 3.05) is 50.9 Å². The lowest BCUT2D eigenvalue weighted by molar-refractivity contribution is 0.0240. The van der Waals surface area contributed by atoms with Gasteiger partial charge in [-0.2, -0.15) is 4.68 Å². The van der Waals surface area contributed by atoms with Gasteiger partial charge in [-0.25, -0.2) is 4.79 Å². The van der Waals surface area contributed by atoms with Crippen LogP contribution in [0.1, 0.15) is 27.7 Å². The van der Waals surface area contributed by atoms with Crippen LogP contribution in [0.5, 0.6) is 5.88 Å². The topological polar surface area (TPSA) is 86.1 Å². The maximum absolute atomic E-state index is 13.1. The van der Waals surface area contributed by atoms with E-state index in [1.807, 2.05) is 50.8 Å². The first-order valence-electron chi connectivity index (χ1n) is 11.0. The number of anilines is 1. The number of nitrogens with zero attached hydrogens (tertiary/aromatic N) is 4. The smallest absolute Gasteiger partial charge is 0.410 e. The fraction of sp³-hybridized carbons (Fsp3) is 0.522. The van der Waals surface area contributed by atoms with E-state index in [0.29, 0.717) is 50.8 Å². The molecule has 9 nitrogen and oxygen atoms in total. The minimum absolute atomic E-state index is 0.0194. The van der Waals surface area contributed by atoms with Crippen LogP contribution in [0.25, 0.3) is 5.69 Å². The van der Waals surface area contributed by atoms with Crippen molar-refractivity contribution in [1.29, 1.82) is 0 Å². The number of piperazine rings is 1. The zero-order chi connectivity index (χ0) is 24.0. The third-order valence-electron chi connectivity index (χ3n) is 4.90. The van der Waals surface area contributed by atoms with Gasteiger partial charge in [-0.15, -0.1) is 5.10 Å². The summed E-state index contributed by atoms with van der Waals surface area (Å²) in [5, 5.41) is 4.49. The van der Waals surface area contributed by atoms with E-state index in [2.05, 4.69) is 5.10 Å². The van der Waals surface area contributed by atoms with E-state index in [1.165, 1.54) is 4.68 Å². The lowest BCUT2D eigenvalue weighted by Crippen LogP contribution is -2.50. The van der Waals surface area contributed by atoms with Gasteiger partial charge in [-0.05, 0) is 39.8 Å². The highest BCUT2D eigenvalue weighted by Crippen LogP contribution is 2.33. The molecule has 0 unspecified atom stereocenters. The number of rotatable bonds is 7. The molecule has 10 heteroatoms. The van der Waals surface area contributed by atoms with E-state index < -0.39 is 11.2 Å². The second-order valence-corrected chi connectivity index (χ2v) is 8.90. The molecule has 1 aliphatic heterocycles. The number of aromatic nitrogens is 2. The van der Waals surface area contributed by atoms with E-state index in [0.717, 1.165) is 0 Å². The largest absolute Gasteiger partial charge is 0.473 e. The predicted molar refractivity (Wildman–Crippen MR) is 127 cm³/mol. The number of benzene rings is 1. The first-order valence-corrected chi connectivity index (χ1v) is 11.4. The fourth-order valence-corrected chi connectivity index (χ4v) is 3.65. The Balaban J connectivity index is 1.87. The highest BCUT2D eigenvalue weighted by atomic mass is 35.5. The molecule has 0 atom stereocenters. The van der Waals surface area contributed by atoms with Crippen molar-refractivity contribution < 1.29 is 19.0 Å². The van der Waals surface area contributed by atoms with Crippen LogP contribution in [0, 0.1) is 0 Å². The molecule has 33 heavy (non-hydrogen) atoms. The molecule has 1 fully saturated rings. The van der Waals surface area contributed by atoms with Gasteiger partial charge in [0.05, 0.1) is 12.3 Å². The number of hydrogen-bond acceptors (Lipinski definition) is 7. The fourth-order valence-electron chi connectivity index (χ4n) is 3.37. The highest BCUT2D eigenvalue weighted by Gasteiger charge is 2.30. The molecule has 2 heterocycles. The third-order valence-corrected chi connectivity index (χ3v) is 5.24. The average molecular weight is 479 g/mol. The average Bonchev–Trinajstić information content (AvgIpc) is 2.78. The number of amides is 1. The summed E-state index contributed by atoms with van der Waals surface area (Å²) in [7, 11) is 0. The van der Waals surface area contributed by atoms with E-state index in [-0.39, 0.29) is 23.6 Å². The molecule has 1 aromatic carbocycles. The van der Waals surface area contributed by atoms with Crippen molar-refractivity contribution >= 4 is 23.4 Å². The molecular weight excluding hydrogens is 448 g/mol. The van der Waals surface area contributed by atoms with Crippen LogP contribution in [0.2, 0.25) is 5.02 Å². The Morgan fingerprint density at radius 2 is 1.76 bits per heavy atom. The van der Waals surface area contributed by atoms with Gasteiger partial charge in [0.1, 0.15) is 22.9 Å². The van der Waals surface area contributed by atoms with Gasteiger partial charge in [0.2, 0.25) is 0 Å². The molecule has 1 aromatic heterocycles. The van der Waals surface area contributed by atoms with Crippen LogP contribution in [0.15, 0.2) is 35.1 Å². The van der Waals surface area contributed by atoms with Crippen LogP contribution in [-0.4, -0.2) is 72.4 Å². The van der Waals surface area contributed by atoms with Crippen molar-refractivity contribution in [3.05, 3.63) is 45.7 Å². The van der Waals surface area contributed by atoms with Gasteiger partial charge in [0, 0.05) is 32.8 Å². The molecule has 0 aliphatic carbocycles. The molecule has 1 amide bonds. The summed E-state index contributed by atoms with van der Waals surface area (Å²) in [6.45, 7) is 10.4. The number of carbonyl (C=O) groups excluding carboxylic acids is 1. The van der Waals surface area contributed by atoms with Gasteiger partial charge < -0.3 is 24.0 Å². The quantitative estimate of drug-likeness (QED) is 0.564. The van der Waals surface area contributed by atoms with Crippen molar-refractivity contribution in [3.63, 3.8) is 0 Å². The van der Waals surface area contributed by atoms with Crippen LogP contribution in [-0.2, 0) is 9.47 Å². The van der Waals surface area contributed by atoms with Crippen molar-refractivity contribution in [3.8, 4) is 11.6 Å². The summed E-state index contributed by atoms with van der Waals surface area (Å²) in [4.78, 5) is 29.0. The van der Waals surface area contributed by atoms with E-state index in [9.17, 15) is 9.59 Å². The SMILES string of the molecule is CCOCCOc1nn(-c2ccccc2)c(=O)c(Cl)c1N1CCN(C(=O)OC(C)(C)C)CC1. The molecule has 0 radical (unpaired) electrons. The van der Waals surface area contributed by atoms with Gasteiger partial charge in [-0.1, -0.05) is 29.8 Å². The zero-order valence-electron chi connectivity index (χ0n) is 19.5. The van der Waals surface area contributed by atoms with Gasteiger partial charge >= 0.3 is 6.09 Å². The van der Waals surface area contributed by atoms with Gasteiger partial charge in [-0.3, -0.25) is 4.79 Å². The molecule has 180 valence electrons. The first-order chi connectivity index (χ1) is 15.7. The summed E-state index contributed by atoms with van der Waals surface area (Å²) in [6.07, 6.45) is -0.362. The number of carbonyl (C=O) groups is 1. The van der Waals surface area contributed by atoms with Gasteiger partial charge in [0.25, 0.3) is 11.4 Å². The number of para-hydroxylation sites is 1. The van der Waals surface area contributed by atoms with Crippen molar-refractivity contribution in [2.24, 2.45) is 0 Å². The summed E-state index contributed by atoms with van der Waals surface area (Å²) < 4.78 is 18.0. The minimum atomic E-state index is -0.565. The monoisotopic (exact) mass is 478 g/mol. The summed E-state index contributed by atoms with van der Waals surface area (Å²) >= 11 is 6.58. The molecule has 3 rings (SSSR count). The predicted octanol–water partition coefficient (Wildman–Crippen LogP) is 3.36. The van der Waals surface area contributed by atoms with E-state index in [1.54, 1.807) is 17.0 Å². The maximum atomic E-state index is 13.1. The van der Waals surface area contributed by atoms with E-state index in [4.69, 9.17) is 25.8 Å². The van der Waals surface area contributed by atoms with Crippen LogP contribution >= 0.6 is 11.6 Å². The normalized spacial score (nSPS) is 14.3. The van der Waals surface area contributed by atoms with Crippen molar-refractivity contribution in [1.82, 2.24) is 14.7 Å². The Labute approximate surface area is 198 Å². The van der Waals surface area contributed by atoms with E-state index >= 15 is 0 Å². The number of halogens is 1. The Bertz CT molecular complexity index is 998. The standard InChI is InChI=1S/C23H31ClN4O5/c1-5-31-15-16-32-20-19(18(24)21(29)28(25-20)17-9-7-6-8-10-17)26-11-13-27(14-12-26)22(30)33-23(2,3)4/h6-10H,5,11-16H2,1-4H3. The summed E-state index contributed by atoms with van der Waals surface area (Å²) in [6, 6.07) is 9.03. The second kappa shape index (κ2) is 10.9. The number of hydrogen-bond donors (Lipinski definition) is 0. The molecule has 0 saturated carbocycles. The molecule has 0 spiro atoms. The molecule has 1 aliphatic rings. The number of ether oxygens (including phenoxy) is 3. The van der Waals surface area contributed by atoms with Crippen molar-refractivity contribution in [2.45, 2.75) is 33.3 Å². The Morgan fingerprint density at radius 1 is 1.09 bits per heavy atom. The summed E-state index contributed by atoms with van der Waals surface area (Å²) in [5.41, 5.74) is 0.00413. The lowest BCUT2D eigenvalue weighted by Gasteiger charge is -2.37. The maximum Gasteiger partial charge on any atom is 0.410 e. The third kappa shape index (κ3) is 6.39. The Kier molecular flexibility index (Phi) is 8.20. The molecular formula is C23H31ClN4O5. The minimum Gasteiger partial charge on any atom is -0.473 e. The van der Waals surface area contributed by atoms with Crippen LogP contribution in [0.4, 0.5) is 10.5 Å². The molecule has 0 bridgehead atoms. The van der Waals surface area contributed by atoms with Crippen LogP contribution in [0.3, 0.4) is 0 Å². The zero-order valence-corrected chi connectivity index (χ0v) is 20.3. The molecule has 1 saturated heterocycles. The first kappa shape index (κ1) is 24.9. The summed E-state index contributed by atoms with van der Waals surface area (Å²) in [5.74, 6) is 0.244. The Morgan fingerprint density at radius 3 is 2.36 bits per heavy atom.